The number of benzene rings is 2. The number of anilines is 3. The van der Waals surface area contributed by atoms with Crippen molar-refractivity contribution in [3.8, 4) is 16.9 Å². The van der Waals surface area contributed by atoms with Gasteiger partial charge in [0.1, 0.15) is 34.8 Å². The number of hydrogen-bond donors (Lipinski definition) is 2. The predicted octanol–water partition coefficient (Wildman–Crippen LogP) is 6.33. The predicted molar refractivity (Wildman–Crippen MR) is 136 cm³/mol. The van der Waals surface area contributed by atoms with E-state index in [-0.39, 0.29) is 39.6 Å². The summed E-state index contributed by atoms with van der Waals surface area (Å²) in [7, 11) is -4.61. The minimum Gasteiger partial charge on any atom is -0.406 e. The van der Waals surface area contributed by atoms with Crippen LogP contribution in [0.2, 0.25) is 0 Å². The van der Waals surface area contributed by atoms with Crippen molar-refractivity contribution in [1.29, 1.82) is 0 Å². The zero-order chi connectivity index (χ0) is 30.7. The molecule has 42 heavy (non-hydrogen) atoms. The van der Waals surface area contributed by atoms with Gasteiger partial charge in [-0.1, -0.05) is 23.4 Å². The summed E-state index contributed by atoms with van der Waals surface area (Å²) < 4.78 is 116. The Balaban J connectivity index is 1.72. The lowest BCUT2D eigenvalue weighted by molar-refractivity contribution is -0.274. The minimum absolute atomic E-state index is 0.0292. The number of halogens is 6. The van der Waals surface area contributed by atoms with Gasteiger partial charge in [0.05, 0.1) is 22.8 Å². The van der Waals surface area contributed by atoms with E-state index in [1.165, 1.54) is 38.3 Å². The zero-order valence-electron chi connectivity index (χ0n) is 21.6. The van der Waals surface area contributed by atoms with Crippen molar-refractivity contribution in [2.45, 2.75) is 43.4 Å². The van der Waals surface area contributed by atoms with Crippen LogP contribution in [-0.2, 0) is 28.3 Å². The number of pyridine rings is 1. The summed E-state index contributed by atoms with van der Waals surface area (Å²) in [5.41, 5.74) is -2.33. The minimum atomic E-state index is -5.01. The molecule has 0 spiro atoms. The molecule has 5 rings (SSSR count). The van der Waals surface area contributed by atoms with Crippen LogP contribution in [-0.4, -0.2) is 30.0 Å². The number of rotatable bonds is 5. The molecule has 9 nitrogen and oxygen atoms in total. The van der Waals surface area contributed by atoms with Crippen LogP contribution in [0.15, 0.2) is 70.3 Å². The molecule has 0 amide bonds. The molecule has 0 aliphatic carbocycles. The van der Waals surface area contributed by atoms with Crippen LogP contribution < -0.4 is 14.4 Å². The third-order valence-electron chi connectivity index (χ3n) is 6.21. The van der Waals surface area contributed by atoms with Gasteiger partial charge in [0.25, 0.3) is 10.0 Å². The maximum absolute atomic E-state index is 14.1. The molecule has 0 bridgehead atoms. The van der Waals surface area contributed by atoms with Crippen molar-refractivity contribution in [2.24, 2.45) is 0 Å². The molecule has 0 fully saturated rings. The Labute approximate surface area is 234 Å². The number of nitrogens with one attached hydrogen (secondary N) is 1. The highest BCUT2D eigenvalue weighted by Crippen LogP contribution is 2.46. The van der Waals surface area contributed by atoms with Gasteiger partial charge in [-0.3, -0.25) is 4.31 Å². The topological polar surface area (TPSA) is 118 Å². The first-order chi connectivity index (χ1) is 19.4. The fourth-order valence-corrected chi connectivity index (χ4v) is 5.87. The highest BCUT2D eigenvalue weighted by molar-refractivity contribution is 7.92. The van der Waals surface area contributed by atoms with E-state index in [4.69, 9.17) is 4.52 Å². The number of aliphatic hydroxyl groups is 1. The molecule has 1 aliphatic heterocycles. The van der Waals surface area contributed by atoms with Crippen LogP contribution in [0.5, 0.6) is 5.75 Å². The molecule has 3 heterocycles. The van der Waals surface area contributed by atoms with Crippen molar-refractivity contribution in [3.05, 3.63) is 77.8 Å². The highest BCUT2D eigenvalue weighted by atomic mass is 32.2. The number of fused-ring (bicyclic) bond motifs is 2. The van der Waals surface area contributed by atoms with E-state index >= 15 is 0 Å². The summed E-state index contributed by atoms with van der Waals surface area (Å²) in [6.45, 7) is 2.32. The molecule has 0 radical (unpaired) electrons. The van der Waals surface area contributed by atoms with Crippen LogP contribution in [0.1, 0.15) is 30.8 Å². The van der Waals surface area contributed by atoms with Crippen molar-refractivity contribution < 1.29 is 49.1 Å². The van der Waals surface area contributed by atoms with Crippen LogP contribution >= 0.6 is 0 Å². The van der Waals surface area contributed by atoms with Crippen LogP contribution in [0.3, 0.4) is 0 Å². The molecular weight excluding hydrogens is 594 g/mol. The van der Waals surface area contributed by atoms with Gasteiger partial charge in [0, 0.05) is 16.7 Å². The Morgan fingerprint density at radius 2 is 1.67 bits per heavy atom. The van der Waals surface area contributed by atoms with Gasteiger partial charge in [0.15, 0.2) is 0 Å². The summed E-state index contributed by atoms with van der Waals surface area (Å²) in [5.74, 6) is -0.920. The van der Waals surface area contributed by atoms with Crippen LogP contribution in [0, 0.1) is 0 Å². The molecule has 2 aromatic carbocycles. The largest absolute Gasteiger partial charge is 0.573 e. The van der Waals surface area contributed by atoms with Crippen molar-refractivity contribution >= 4 is 27.2 Å². The molecule has 0 saturated heterocycles. The van der Waals surface area contributed by atoms with E-state index in [1.54, 1.807) is 0 Å². The Hall–Kier alpha value is -4.31. The third-order valence-corrected chi connectivity index (χ3v) is 7.97. The Bertz CT molecular complexity index is 1750. The zero-order valence-corrected chi connectivity index (χ0v) is 22.4. The molecule has 1 aliphatic rings. The fraction of sp³-hybridized carbons (Fsp3) is 0.231. The van der Waals surface area contributed by atoms with Gasteiger partial charge in [-0.25, -0.2) is 13.4 Å². The average molecular weight is 615 g/mol. The maximum Gasteiger partial charge on any atom is 0.573 e. The molecule has 16 heteroatoms. The average Bonchev–Trinajstić information content (AvgIpc) is 3.31. The molecule has 222 valence electrons. The Morgan fingerprint density at radius 1 is 0.976 bits per heavy atom. The fourth-order valence-electron chi connectivity index (χ4n) is 4.39. The van der Waals surface area contributed by atoms with Gasteiger partial charge < -0.3 is 19.7 Å². The number of ether oxygens (including phenoxy) is 1. The van der Waals surface area contributed by atoms with E-state index in [2.05, 4.69) is 20.2 Å². The monoisotopic (exact) mass is 614 g/mol. The van der Waals surface area contributed by atoms with E-state index < -0.39 is 51.0 Å². The maximum atomic E-state index is 14.1. The van der Waals surface area contributed by atoms with Gasteiger partial charge in [-0.2, -0.15) is 13.2 Å². The summed E-state index contributed by atoms with van der Waals surface area (Å²) >= 11 is 0. The molecule has 2 N–H and O–H groups in total. The lowest BCUT2D eigenvalue weighted by atomic mass is 9.95. The van der Waals surface area contributed by atoms with E-state index in [9.17, 15) is 39.9 Å². The van der Waals surface area contributed by atoms with E-state index in [1.807, 2.05) is 0 Å². The van der Waals surface area contributed by atoms with E-state index in [0.29, 0.717) is 6.07 Å². The quantitative estimate of drug-likeness (QED) is 0.251. The molecule has 0 atom stereocenters. The van der Waals surface area contributed by atoms with Crippen LogP contribution in [0.25, 0.3) is 11.1 Å². The molecule has 0 saturated carbocycles. The van der Waals surface area contributed by atoms with E-state index in [0.717, 1.165) is 34.6 Å². The molecular formula is C26H20F6N4O5S. The van der Waals surface area contributed by atoms with Gasteiger partial charge in [-0.15, -0.1) is 13.2 Å². The Morgan fingerprint density at radius 3 is 2.29 bits per heavy atom. The van der Waals surface area contributed by atoms with Crippen molar-refractivity contribution in [2.75, 3.05) is 9.62 Å². The summed E-state index contributed by atoms with van der Waals surface area (Å²) in [6.07, 6.45) is -8.62. The number of alkyl halides is 6. The van der Waals surface area contributed by atoms with Gasteiger partial charge >= 0.3 is 12.5 Å². The summed E-state index contributed by atoms with van der Waals surface area (Å²) in [4.78, 5) is 3.24. The second-order valence-corrected chi connectivity index (χ2v) is 11.6. The number of nitrogens with zero attached hydrogens (tertiary/aromatic N) is 3. The summed E-state index contributed by atoms with van der Waals surface area (Å²) in [5, 5.41) is 17.3. The second-order valence-electron chi connectivity index (χ2n) is 9.70. The van der Waals surface area contributed by atoms with Gasteiger partial charge in [0.2, 0.25) is 0 Å². The van der Waals surface area contributed by atoms with Gasteiger partial charge in [-0.05, 0) is 50.2 Å². The highest BCUT2D eigenvalue weighted by Gasteiger charge is 2.38. The number of para-hydroxylation sites is 1. The summed E-state index contributed by atoms with van der Waals surface area (Å²) in [6, 6.07) is 9.64. The van der Waals surface area contributed by atoms with Crippen LogP contribution in [0.4, 0.5) is 43.5 Å². The molecule has 0 unspecified atom stereocenters. The number of aromatic nitrogens is 2. The van der Waals surface area contributed by atoms with Crippen molar-refractivity contribution in [3.63, 3.8) is 0 Å². The first kappa shape index (κ1) is 29.2. The lowest BCUT2D eigenvalue weighted by Crippen LogP contribution is -2.31. The number of hydrogen-bond acceptors (Lipinski definition) is 8. The lowest BCUT2D eigenvalue weighted by Gasteiger charge is -2.27. The third kappa shape index (κ3) is 5.59. The first-order valence-corrected chi connectivity index (χ1v) is 13.4. The molecule has 4 aromatic rings. The Kier molecular flexibility index (Phi) is 6.88. The first-order valence-electron chi connectivity index (χ1n) is 12.0. The molecule has 2 aromatic heterocycles. The number of sulfonamides is 1. The normalized spacial score (nSPS) is 14.1. The SMILES string of the molecule is CC(C)(O)c1nocc1-c1cccc2c1N(S(=O)(=O)c1ccc(OC(F)(F)F)cc1)Cc1ccc(C(F)(F)F)nc1N2. The second kappa shape index (κ2) is 9.90. The van der Waals surface area contributed by atoms with Crippen molar-refractivity contribution in [1.82, 2.24) is 10.1 Å². The smallest absolute Gasteiger partial charge is 0.406 e. The standard InChI is InChI=1S/C26H20F6N4O5S/c1-24(2,37)22-18(13-40-35-22)17-4-3-5-19-21(17)36(12-14-6-11-20(25(27,28)29)34-23(14)33-19)42(38,39)16-9-7-15(8-10-16)41-26(30,31)32/h3-11,13,37H,12H2,1-2H3,(H,33,34).